The van der Waals surface area contributed by atoms with Crippen LogP contribution in [-0.4, -0.2) is 37.5 Å². The topological polar surface area (TPSA) is 35.5 Å². The van der Waals surface area contributed by atoms with Crippen molar-refractivity contribution in [3.8, 4) is 0 Å². The van der Waals surface area contributed by atoms with Gasteiger partial charge in [0.15, 0.2) is 0 Å². The Morgan fingerprint density at radius 3 is 2.07 bits per heavy atom. The molecule has 2 fully saturated rings. The van der Waals surface area contributed by atoms with E-state index in [1.165, 1.54) is 10.4 Å². The van der Waals surface area contributed by atoms with Crippen molar-refractivity contribution < 1.29 is 14.0 Å². The predicted molar refractivity (Wildman–Crippen MR) is 127 cm³/mol. The predicted octanol–water partition coefficient (Wildman–Crippen LogP) is 4.53. The van der Waals surface area contributed by atoms with Gasteiger partial charge >= 0.3 is 5.97 Å². The van der Waals surface area contributed by atoms with Crippen LogP contribution in [0.2, 0.25) is 5.04 Å². The molecule has 0 aliphatic carbocycles. The molecule has 2 saturated heterocycles. The number of carbonyl (C=O) groups excluding carboxylic acids is 1. The molecule has 160 valence electrons. The normalized spacial score (nSPS) is 24.8. The molecule has 0 bridgehead atoms. The first-order valence-electron chi connectivity index (χ1n) is 11.0. The molecule has 2 aromatic rings. The Kier molecular flexibility index (Phi) is 6.42. The molecule has 0 aromatic heterocycles. The molecule has 4 rings (SSSR count). The van der Waals surface area contributed by atoms with Gasteiger partial charge in [0.25, 0.3) is 8.32 Å². The summed E-state index contributed by atoms with van der Waals surface area (Å²) < 4.78 is 12.6. The molecule has 0 unspecified atom stereocenters. The van der Waals surface area contributed by atoms with Crippen molar-refractivity contribution in [2.75, 3.05) is 6.61 Å². The summed E-state index contributed by atoms with van der Waals surface area (Å²) in [6.45, 7) is 7.71. The van der Waals surface area contributed by atoms with E-state index in [-0.39, 0.29) is 17.1 Å². The smallest absolute Gasteiger partial charge is 0.306 e. The van der Waals surface area contributed by atoms with Crippen molar-refractivity contribution in [3.05, 3.63) is 60.7 Å². The number of carbonyl (C=O) groups is 1. The molecule has 2 aromatic carbocycles. The highest BCUT2D eigenvalue weighted by molar-refractivity contribution is 8.00. The van der Waals surface area contributed by atoms with E-state index < -0.39 is 8.32 Å². The minimum Gasteiger partial charge on any atom is -0.461 e. The van der Waals surface area contributed by atoms with Gasteiger partial charge in [-0.2, -0.15) is 0 Å². The lowest BCUT2D eigenvalue weighted by Crippen LogP contribution is -2.67. The van der Waals surface area contributed by atoms with E-state index in [1.54, 1.807) is 0 Å². The first-order chi connectivity index (χ1) is 14.4. The van der Waals surface area contributed by atoms with E-state index >= 15 is 0 Å². The molecule has 5 heteroatoms. The van der Waals surface area contributed by atoms with Crippen molar-refractivity contribution in [3.63, 3.8) is 0 Å². The molecule has 2 aliphatic rings. The zero-order valence-electron chi connectivity index (χ0n) is 18.2. The van der Waals surface area contributed by atoms with Gasteiger partial charge in [0.05, 0.1) is 0 Å². The molecule has 30 heavy (non-hydrogen) atoms. The molecule has 3 nitrogen and oxygen atoms in total. The first kappa shape index (κ1) is 21.7. The van der Waals surface area contributed by atoms with Gasteiger partial charge in [0, 0.05) is 23.5 Å². The minimum atomic E-state index is -2.48. The second kappa shape index (κ2) is 8.89. The van der Waals surface area contributed by atoms with E-state index in [0.717, 1.165) is 25.9 Å². The Labute approximate surface area is 185 Å². The first-order valence-corrected chi connectivity index (χ1v) is 13.9. The number of cyclic esters (lactones) is 1. The zero-order valence-corrected chi connectivity index (χ0v) is 20.0. The average molecular weight is 441 g/mol. The number of hydrogen-bond donors (Lipinski definition) is 0. The van der Waals surface area contributed by atoms with Gasteiger partial charge in [0.1, 0.15) is 6.10 Å². The summed E-state index contributed by atoms with van der Waals surface area (Å²) >= 11 is 1.97. The molecule has 2 aliphatic heterocycles. The van der Waals surface area contributed by atoms with Gasteiger partial charge in [-0.3, -0.25) is 4.79 Å². The standard InChI is InChI=1S/C25H32O3SSi/c1-25(2,3)30(20-10-6-4-7-11-20,21-12-8-5-9-13-21)27-18-19-14-16-23(29-19)22-15-17-24(26)28-22/h4-13,19,22-23H,14-18H2,1-3H3/t19-,22-,23-/m1/s1. The molecular formula is C25H32O3SSi. The van der Waals surface area contributed by atoms with E-state index in [1.807, 2.05) is 11.8 Å². The quantitative estimate of drug-likeness (QED) is 0.488. The maximum absolute atomic E-state index is 11.5. The summed E-state index contributed by atoms with van der Waals surface area (Å²) in [6, 6.07) is 21.6. The molecule has 0 spiro atoms. The lowest BCUT2D eigenvalue weighted by molar-refractivity contribution is -0.141. The maximum atomic E-state index is 11.5. The van der Waals surface area contributed by atoms with E-state index in [9.17, 15) is 4.79 Å². The monoisotopic (exact) mass is 440 g/mol. The molecule has 0 saturated carbocycles. The minimum absolute atomic E-state index is 0.000633. The summed E-state index contributed by atoms with van der Waals surface area (Å²) in [6.07, 6.45) is 3.78. The average Bonchev–Trinajstić information content (AvgIpc) is 3.38. The van der Waals surface area contributed by atoms with Crippen molar-refractivity contribution in [2.45, 2.75) is 68.1 Å². The van der Waals surface area contributed by atoms with Crippen LogP contribution in [-0.2, 0) is 14.0 Å². The third-order valence-electron chi connectivity index (χ3n) is 6.37. The van der Waals surface area contributed by atoms with Crippen LogP contribution in [0.15, 0.2) is 60.7 Å². The maximum Gasteiger partial charge on any atom is 0.306 e. The fourth-order valence-electron chi connectivity index (χ4n) is 4.92. The van der Waals surface area contributed by atoms with Crippen molar-refractivity contribution in [1.29, 1.82) is 0 Å². The second-order valence-corrected chi connectivity index (χ2v) is 15.3. The Hall–Kier alpha value is -1.56. The number of ether oxygens (including phenoxy) is 1. The third kappa shape index (κ3) is 4.25. The number of rotatable bonds is 6. The number of hydrogen-bond acceptors (Lipinski definition) is 4. The number of esters is 1. The second-order valence-electron chi connectivity index (χ2n) is 9.42. The largest absolute Gasteiger partial charge is 0.461 e. The Morgan fingerprint density at radius 2 is 1.57 bits per heavy atom. The summed E-state index contributed by atoms with van der Waals surface area (Å²) in [5.74, 6) is -0.0346. The van der Waals surface area contributed by atoms with Gasteiger partial charge < -0.3 is 9.16 Å². The molecule has 0 N–H and O–H groups in total. The highest BCUT2D eigenvalue weighted by Crippen LogP contribution is 2.42. The van der Waals surface area contributed by atoms with E-state index in [4.69, 9.17) is 9.16 Å². The lowest BCUT2D eigenvalue weighted by Gasteiger charge is -2.43. The molecule has 2 heterocycles. The fourth-order valence-corrected chi connectivity index (χ4v) is 11.2. The summed E-state index contributed by atoms with van der Waals surface area (Å²) in [7, 11) is -2.48. The molecular weight excluding hydrogens is 408 g/mol. The molecule has 0 radical (unpaired) electrons. The van der Waals surface area contributed by atoms with Crippen LogP contribution in [0, 0.1) is 0 Å². The SMILES string of the molecule is CC(C)(C)[Si](OC[C@H]1CC[C@H]([C@H]2CCC(=O)O2)S1)(c1ccccc1)c1ccccc1. The van der Waals surface area contributed by atoms with Gasteiger partial charge in [-0.05, 0) is 34.7 Å². The number of thioether (sulfide) groups is 1. The Balaban J connectivity index is 1.57. The van der Waals surface area contributed by atoms with Crippen LogP contribution in [0.4, 0.5) is 0 Å². The van der Waals surface area contributed by atoms with E-state index in [2.05, 4.69) is 81.4 Å². The van der Waals surface area contributed by atoms with Crippen LogP contribution in [0.3, 0.4) is 0 Å². The van der Waals surface area contributed by atoms with Crippen LogP contribution in [0.25, 0.3) is 0 Å². The summed E-state index contributed by atoms with van der Waals surface area (Å²) in [5.41, 5.74) is 0. The van der Waals surface area contributed by atoms with Crippen molar-refractivity contribution >= 4 is 36.4 Å². The van der Waals surface area contributed by atoms with Gasteiger partial charge in [0.2, 0.25) is 0 Å². The van der Waals surface area contributed by atoms with Crippen LogP contribution in [0.1, 0.15) is 46.5 Å². The Morgan fingerprint density at radius 1 is 0.967 bits per heavy atom. The zero-order chi connectivity index (χ0) is 21.2. The highest BCUT2D eigenvalue weighted by atomic mass is 32.2. The van der Waals surface area contributed by atoms with Crippen molar-refractivity contribution in [1.82, 2.24) is 0 Å². The fraction of sp³-hybridized carbons (Fsp3) is 0.480. The Bertz CT molecular complexity index is 810. The van der Waals surface area contributed by atoms with Crippen LogP contribution >= 0.6 is 11.8 Å². The third-order valence-corrected chi connectivity index (χ3v) is 13.0. The van der Waals surface area contributed by atoms with E-state index in [0.29, 0.717) is 16.9 Å². The van der Waals surface area contributed by atoms with Gasteiger partial charge in [-0.25, -0.2) is 0 Å². The van der Waals surface area contributed by atoms with Crippen molar-refractivity contribution in [2.24, 2.45) is 0 Å². The summed E-state index contributed by atoms with van der Waals surface area (Å²) in [4.78, 5) is 11.5. The van der Waals surface area contributed by atoms with Crippen LogP contribution < -0.4 is 10.4 Å². The van der Waals surface area contributed by atoms with Gasteiger partial charge in [-0.1, -0.05) is 81.4 Å². The molecule has 0 amide bonds. The highest BCUT2D eigenvalue weighted by Gasteiger charge is 2.50. The lowest BCUT2D eigenvalue weighted by atomic mass is 10.1. The van der Waals surface area contributed by atoms with Gasteiger partial charge in [-0.15, -0.1) is 11.8 Å². The molecule has 3 atom stereocenters. The number of benzene rings is 2. The summed E-state index contributed by atoms with van der Waals surface area (Å²) in [5, 5.41) is 3.53. The van der Waals surface area contributed by atoms with Crippen LogP contribution in [0.5, 0.6) is 0 Å².